The second-order valence-electron chi connectivity index (χ2n) is 5.48. The number of hydrogen-bond donors (Lipinski definition) is 1. The van der Waals surface area contributed by atoms with Crippen molar-refractivity contribution >= 4 is 11.8 Å². The molecule has 0 radical (unpaired) electrons. The molecule has 0 amide bonds. The molecule has 0 aliphatic rings. The van der Waals surface area contributed by atoms with E-state index >= 15 is 0 Å². The summed E-state index contributed by atoms with van der Waals surface area (Å²) >= 11 is 1.75. The first-order chi connectivity index (χ1) is 10.7. The molecule has 0 spiro atoms. The van der Waals surface area contributed by atoms with Crippen molar-refractivity contribution in [2.75, 3.05) is 6.26 Å². The second-order valence-corrected chi connectivity index (χ2v) is 6.36. The highest BCUT2D eigenvalue weighted by Gasteiger charge is 2.13. The summed E-state index contributed by atoms with van der Waals surface area (Å²) in [5.74, 6) is 1.01. The van der Waals surface area contributed by atoms with Crippen molar-refractivity contribution in [1.82, 2.24) is 19.7 Å². The molecule has 1 N–H and O–H groups in total. The fourth-order valence-electron chi connectivity index (χ4n) is 2.61. The molecule has 4 nitrogen and oxygen atoms in total. The maximum Gasteiger partial charge on any atom is 0.140 e. The lowest BCUT2D eigenvalue weighted by molar-refractivity contribution is 0.543. The zero-order valence-electron chi connectivity index (χ0n) is 13.1. The molecule has 0 saturated carbocycles. The first kappa shape index (κ1) is 14.9. The van der Waals surface area contributed by atoms with Gasteiger partial charge in [0.15, 0.2) is 0 Å². The van der Waals surface area contributed by atoms with Gasteiger partial charge in [0.2, 0.25) is 0 Å². The van der Waals surface area contributed by atoms with Crippen LogP contribution in [0.4, 0.5) is 0 Å². The van der Waals surface area contributed by atoms with Crippen LogP contribution in [0.3, 0.4) is 0 Å². The highest BCUT2D eigenvalue weighted by molar-refractivity contribution is 7.98. The van der Waals surface area contributed by atoms with Crippen LogP contribution in [0.15, 0.2) is 47.6 Å². The smallest absolute Gasteiger partial charge is 0.140 e. The first-order valence-electron chi connectivity index (χ1n) is 7.35. The van der Waals surface area contributed by atoms with Crippen molar-refractivity contribution < 1.29 is 0 Å². The van der Waals surface area contributed by atoms with E-state index in [1.165, 1.54) is 4.90 Å². The first-order valence-corrected chi connectivity index (χ1v) is 8.58. The van der Waals surface area contributed by atoms with Crippen LogP contribution in [-0.2, 0) is 6.42 Å². The molecule has 0 aliphatic heterocycles. The van der Waals surface area contributed by atoms with Crippen LogP contribution < -0.4 is 0 Å². The lowest BCUT2D eigenvalue weighted by Gasteiger charge is -2.15. The number of nitrogens with zero attached hydrogens (tertiary/aromatic N) is 3. The van der Waals surface area contributed by atoms with Crippen LogP contribution in [0, 0.1) is 6.92 Å². The predicted molar refractivity (Wildman–Crippen MR) is 91.2 cm³/mol. The molecule has 0 saturated heterocycles. The Bertz CT molecular complexity index is 742. The van der Waals surface area contributed by atoms with Crippen LogP contribution in [-0.4, -0.2) is 26.0 Å². The zero-order valence-corrected chi connectivity index (χ0v) is 13.9. The minimum atomic E-state index is 0.306. The summed E-state index contributed by atoms with van der Waals surface area (Å²) in [4.78, 5) is 5.80. The van der Waals surface area contributed by atoms with Crippen LogP contribution in [0.2, 0.25) is 0 Å². The SMILES string of the molecule is CSc1ccc(-c2nccn2[C@H](C)Cc2cc(C)[nH]n2)cc1. The predicted octanol–water partition coefficient (Wildman–Crippen LogP) is 4.11. The Hall–Kier alpha value is -2.01. The number of H-pyrrole nitrogens is 1. The van der Waals surface area contributed by atoms with Crippen molar-refractivity contribution in [2.45, 2.75) is 31.2 Å². The monoisotopic (exact) mass is 312 g/mol. The fourth-order valence-corrected chi connectivity index (χ4v) is 3.02. The van der Waals surface area contributed by atoms with Gasteiger partial charge in [-0.25, -0.2) is 4.98 Å². The van der Waals surface area contributed by atoms with E-state index in [-0.39, 0.29) is 0 Å². The third-order valence-corrected chi connectivity index (χ3v) is 4.50. The maximum atomic E-state index is 4.54. The number of aromatic nitrogens is 4. The maximum absolute atomic E-state index is 4.54. The Morgan fingerprint density at radius 3 is 2.68 bits per heavy atom. The van der Waals surface area contributed by atoms with Crippen molar-refractivity contribution in [3.05, 3.63) is 54.1 Å². The second kappa shape index (κ2) is 6.40. The van der Waals surface area contributed by atoms with Crippen molar-refractivity contribution in [3.8, 4) is 11.4 Å². The molecule has 0 bridgehead atoms. The Labute approximate surface area is 135 Å². The lowest BCUT2D eigenvalue weighted by Crippen LogP contribution is -2.09. The molecule has 1 aromatic carbocycles. The minimum absolute atomic E-state index is 0.306. The van der Waals surface area contributed by atoms with Crippen molar-refractivity contribution in [2.24, 2.45) is 0 Å². The van der Waals surface area contributed by atoms with E-state index in [0.717, 1.165) is 29.2 Å². The summed E-state index contributed by atoms with van der Waals surface area (Å²) < 4.78 is 2.22. The Morgan fingerprint density at radius 1 is 1.27 bits per heavy atom. The number of rotatable bonds is 5. The number of aryl methyl sites for hydroxylation is 1. The number of thioether (sulfide) groups is 1. The fraction of sp³-hybridized carbons (Fsp3) is 0.294. The Morgan fingerprint density at radius 2 is 2.05 bits per heavy atom. The molecule has 2 aromatic heterocycles. The van der Waals surface area contributed by atoms with Gasteiger partial charge in [-0.3, -0.25) is 5.10 Å². The van der Waals surface area contributed by atoms with E-state index in [0.29, 0.717) is 6.04 Å². The Balaban J connectivity index is 1.84. The highest BCUT2D eigenvalue weighted by Crippen LogP contribution is 2.25. The van der Waals surface area contributed by atoms with Crippen molar-refractivity contribution in [1.29, 1.82) is 0 Å². The minimum Gasteiger partial charge on any atom is -0.328 e. The topological polar surface area (TPSA) is 46.5 Å². The molecule has 22 heavy (non-hydrogen) atoms. The average Bonchev–Trinajstić information content (AvgIpc) is 3.16. The highest BCUT2D eigenvalue weighted by atomic mass is 32.2. The third kappa shape index (κ3) is 3.09. The number of hydrogen-bond acceptors (Lipinski definition) is 3. The van der Waals surface area contributed by atoms with Gasteiger partial charge in [0.1, 0.15) is 5.82 Å². The zero-order chi connectivity index (χ0) is 15.5. The summed E-state index contributed by atoms with van der Waals surface area (Å²) in [6, 6.07) is 11.0. The number of aromatic amines is 1. The molecule has 5 heteroatoms. The van der Waals surface area contributed by atoms with Crippen LogP contribution in [0.1, 0.15) is 24.4 Å². The average molecular weight is 312 g/mol. The largest absolute Gasteiger partial charge is 0.328 e. The van der Waals surface area contributed by atoms with E-state index in [4.69, 9.17) is 0 Å². The summed E-state index contributed by atoms with van der Waals surface area (Å²) in [6.07, 6.45) is 6.88. The molecule has 3 rings (SSSR count). The van der Waals surface area contributed by atoms with Gasteiger partial charge >= 0.3 is 0 Å². The van der Waals surface area contributed by atoms with Gasteiger partial charge in [0.25, 0.3) is 0 Å². The molecule has 0 unspecified atom stereocenters. The van der Waals surface area contributed by atoms with Gasteiger partial charge in [0, 0.05) is 41.0 Å². The van der Waals surface area contributed by atoms with Gasteiger partial charge in [-0.1, -0.05) is 12.1 Å². The van der Waals surface area contributed by atoms with E-state index < -0.39 is 0 Å². The number of imidazole rings is 1. The van der Waals surface area contributed by atoms with Gasteiger partial charge in [-0.2, -0.15) is 5.10 Å². The van der Waals surface area contributed by atoms with Gasteiger partial charge in [0.05, 0.1) is 5.69 Å². The van der Waals surface area contributed by atoms with Crippen molar-refractivity contribution in [3.63, 3.8) is 0 Å². The molecule has 1 atom stereocenters. The van der Waals surface area contributed by atoms with E-state index in [1.54, 1.807) is 11.8 Å². The molecule has 114 valence electrons. The molecule has 0 fully saturated rings. The summed E-state index contributed by atoms with van der Waals surface area (Å²) in [6.45, 7) is 4.22. The molecule has 2 heterocycles. The lowest BCUT2D eigenvalue weighted by atomic mass is 10.1. The van der Waals surface area contributed by atoms with Gasteiger partial charge < -0.3 is 4.57 Å². The van der Waals surface area contributed by atoms with Crippen LogP contribution in [0.25, 0.3) is 11.4 Å². The molecular formula is C17H20N4S. The van der Waals surface area contributed by atoms with Crippen LogP contribution in [0.5, 0.6) is 0 Å². The van der Waals surface area contributed by atoms with E-state index in [9.17, 15) is 0 Å². The Kier molecular flexibility index (Phi) is 4.34. The normalized spacial score (nSPS) is 12.5. The molecular weight excluding hydrogens is 292 g/mol. The summed E-state index contributed by atoms with van der Waals surface area (Å²) in [5, 5.41) is 7.33. The summed E-state index contributed by atoms with van der Waals surface area (Å²) in [7, 11) is 0. The van der Waals surface area contributed by atoms with E-state index in [1.807, 2.05) is 19.3 Å². The van der Waals surface area contributed by atoms with E-state index in [2.05, 4.69) is 63.3 Å². The number of nitrogens with one attached hydrogen (secondary N) is 1. The van der Waals surface area contributed by atoms with Gasteiger partial charge in [-0.15, -0.1) is 11.8 Å². The third-order valence-electron chi connectivity index (χ3n) is 3.76. The number of benzene rings is 1. The summed E-state index contributed by atoms with van der Waals surface area (Å²) in [5.41, 5.74) is 3.33. The quantitative estimate of drug-likeness (QED) is 0.721. The standard InChI is InChI=1S/C17H20N4S/c1-12-10-15(20-19-12)11-13(2)21-9-8-18-17(21)14-4-6-16(22-3)7-5-14/h4-10,13H,11H2,1-3H3,(H,19,20)/t13-/m1/s1. The van der Waals surface area contributed by atoms with Crippen LogP contribution >= 0.6 is 11.8 Å². The molecule has 0 aliphatic carbocycles. The molecule has 3 aromatic rings. The van der Waals surface area contributed by atoms with Gasteiger partial charge in [-0.05, 0) is 38.3 Å².